The highest BCUT2D eigenvalue weighted by Gasteiger charge is 2.30. The molecule has 0 atom stereocenters. The SMILES string of the molecule is COc1ccc(/C=C2\SC(=Nc3ccc(C(=O)[O-])cc3)N(C)C2=O)cc1Cl. The molecule has 1 amide bonds. The zero-order chi connectivity index (χ0) is 19.6. The molecule has 27 heavy (non-hydrogen) atoms. The lowest BCUT2D eigenvalue weighted by molar-refractivity contribution is -0.255. The van der Waals surface area contributed by atoms with Crippen LogP contribution in [0.3, 0.4) is 0 Å². The van der Waals surface area contributed by atoms with E-state index >= 15 is 0 Å². The van der Waals surface area contributed by atoms with Crippen molar-refractivity contribution in [3.63, 3.8) is 0 Å². The molecule has 0 radical (unpaired) electrons. The number of halogens is 1. The van der Waals surface area contributed by atoms with E-state index in [1.807, 2.05) is 0 Å². The molecule has 3 rings (SSSR count). The van der Waals surface area contributed by atoms with Crippen molar-refractivity contribution in [3.05, 3.63) is 63.5 Å². The third-order valence-electron chi connectivity index (χ3n) is 3.80. The lowest BCUT2D eigenvalue weighted by atomic mass is 10.2. The number of benzene rings is 2. The highest BCUT2D eigenvalue weighted by Crippen LogP contribution is 2.34. The van der Waals surface area contributed by atoms with Crippen molar-refractivity contribution in [2.24, 2.45) is 4.99 Å². The molecule has 0 saturated carbocycles. The Labute approximate surface area is 165 Å². The number of likely N-dealkylation sites (N-methyl/N-ethyl adjacent to an activating group) is 1. The summed E-state index contributed by atoms with van der Waals surface area (Å²) in [6.07, 6.45) is 1.73. The Morgan fingerprint density at radius 1 is 1.26 bits per heavy atom. The van der Waals surface area contributed by atoms with Crippen molar-refractivity contribution < 1.29 is 19.4 Å². The molecule has 1 saturated heterocycles. The largest absolute Gasteiger partial charge is 0.545 e. The molecular formula is C19H14ClN2O4S-. The van der Waals surface area contributed by atoms with Crippen LogP contribution < -0.4 is 9.84 Å². The molecule has 138 valence electrons. The summed E-state index contributed by atoms with van der Waals surface area (Å²) in [5.41, 5.74) is 1.37. The summed E-state index contributed by atoms with van der Waals surface area (Å²) in [5, 5.41) is 11.8. The highest BCUT2D eigenvalue weighted by molar-refractivity contribution is 8.18. The molecule has 0 spiro atoms. The summed E-state index contributed by atoms with van der Waals surface area (Å²) in [5.74, 6) is -0.874. The van der Waals surface area contributed by atoms with E-state index in [1.54, 1.807) is 43.5 Å². The molecule has 1 aliphatic rings. The number of nitrogens with zero attached hydrogens (tertiary/aromatic N) is 2. The fourth-order valence-electron chi connectivity index (χ4n) is 2.36. The van der Waals surface area contributed by atoms with Gasteiger partial charge in [0.05, 0.1) is 28.7 Å². The molecule has 2 aromatic rings. The highest BCUT2D eigenvalue weighted by atomic mass is 35.5. The smallest absolute Gasteiger partial charge is 0.266 e. The van der Waals surface area contributed by atoms with Gasteiger partial charge in [0, 0.05) is 7.05 Å². The second-order valence-corrected chi connectivity index (χ2v) is 7.01. The maximum Gasteiger partial charge on any atom is 0.266 e. The lowest BCUT2D eigenvalue weighted by Crippen LogP contribution is -2.23. The first kappa shape index (κ1) is 19.0. The van der Waals surface area contributed by atoms with Gasteiger partial charge in [-0.25, -0.2) is 4.99 Å². The fourth-order valence-corrected chi connectivity index (χ4v) is 3.61. The van der Waals surface area contributed by atoms with Gasteiger partial charge in [-0.3, -0.25) is 9.69 Å². The number of carboxylic acids is 1. The number of aliphatic imine (C=N–C) groups is 1. The van der Waals surface area contributed by atoms with Crippen LogP contribution in [-0.4, -0.2) is 36.1 Å². The second kappa shape index (κ2) is 7.85. The number of carbonyl (C=O) groups excluding carboxylic acids is 2. The Kier molecular flexibility index (Phi) is 5.53. The van der Waals surface area contributed by atoms with E-state index in [9.17, 15) is 14.7 Å². The van der Waals surface area contributed by atoms with E-state index in [0.29, 0.717) is 26.5 Å². The summed E-state index contributed by atoms with van der Waals surface area (Å²) in [7, 11) is 3.17. The maximum absolute atomic E-state index is 12.5. The van der Waals surface area contributed by atoms with Crippen LogP contribution in [0.1, 0.15) is 15.9 Å². The summed E-state index contributed by atoms with van der Waals surface area (Å²) in [4.78, 5) is 29.6. The number of methoxy groups -OCH3 is 1. The van der Waals surface area contributed by atoms with E-state index in [-0.39, 0.29) is 11.5 Å². The van der Waals surface area contributed by atoms with Crippen LogP contribution in [0.4, 0.5) is 5.69 Å². The monoisotopic (exact) mass is 401 g/mol. The van der Waals surface area contributed by atoms with Gasteiger partial charge >= 0.3 is 0 Å². The van der Waals surface area contributed by atoms with E-state index in [0.717, 1.165) is 5.56 Å². The number of aromatic carboxylic acids is 1. The number of amidine groups is 1. The predicted molar refractivity (Wildman–Crippen MR) is 104 cm³/mol. The van der Waals surface area contributed by atoms with Gasteiger partial charge in [-0.1, -0.05) is 29.8 Å². The number of hydrogen-bond acceptors (Lipinski definition) is 6. The number of carbonyl (C=O) groups is 2. The minimum Gasteiger partial charge on any atom is -0.545 e. The predicted octanol–water partition coefficient (Wildman–Crippen LogP) is 2.95. The number of hydrogen-bond donors (Lipinski definition) is 0. The molecule has 1 fully saturated rings. The van der Waals surface area contributed by atoms with Crippen LogP contribution in [0.5, 0.6) is 5.75 Å². The van der Waals surface area contributed by atoms with Gasteiger partial charge in [0.2, 0.25) is 0 Å². The molecule has 2 aromatic carbocycles. The van der Waals surface area contributed by atoms with Crippen LogP contribution in [0.25, 0.3) is 6.08 Å². The molecule has 1 aliphatic heterocycles. The molecule has 0 aromatic heterocycles. The lowest BCUT2D eigenvalue weighted by Gasteiger charge is -2.07. The Morgan fingerprint density at radius 2 is 1.96 bits per heavy atom. The minimum absolute atomic E-state index is 0.0689. The third-order valence-corrected chi connectivity index (χ3v) is 5.16. The van der Waals surface area contributed by atoms with Gasteiger partial charge in [-0.2, -0.15) is 0 Å². The third kappa shape index (κ3) is 4.15. The fraction of sp³-hybridized carbons (Fsp3) is 0.105. The first-order valence-corrected chi connectivity index (χ1v) is 8.99. The number of thioether (sulfide) groups is 1. The quantitative estimate of drug-likeness (QED) is 0.735. The van der Waals surface area contributed by atoms with Gasteiger partial charge < -0.3 is 14.6 Å². The van der Waals surface area contributed by atoms with Gasteiger partial charge in [0.15, 0.2) is 5.17 Å². The van der Waals surface area contributed by atoms with Crippen molar-refractivity contribution in [1.29, 1.82) is 0 Å². The molecule has 0 unspecified atom stereocenters. The minimum atomic E-state index is -1.25. The Balaban J connectivity index is 1.85. The second-order valence-electron chi connectivity index (χ2n) is 5.60. The first-order chi connectivity index (χ1) is 12.9. The van der Waals surface area contributed by atoms with E-state index in [1.165, 1.54) is 35.9 Å². The van der Waals surface area contributed by atoms with Crippen molar-refractivity contribution >= 4 is 52.2 Å². The van der Waals surface area contributed by atoms with Gasteiger partial charge in [0.1, 0.15) is 5.75 Å². The molecule has 1 heterocycles. The van der Waals surface area contributed by atoms with Crippen molar-refractivity contribution in [3.8, 4) is 5.75 Å². The summed E-state index contributed by atoms with van der Waals surface area (Å²) < 4.78 is 5.12. The Hall–Kier alpha value is -2.77. The average molecular weight is 402 g/mol. The molecular weight excluding hydrogens is 388 g/mol. The van der Waals surface area contributed by atoms with Crippen molar-refractivity contribution in [1.82, 2.24) is 4.90 Å². The van der Waals surface area contributed by atoms with Crippen LogP contribution in [0, 0.1) is 0 Å². The first-order valence-electron chi connectivity index (χ1n) is 7.80. The summed E-state index contributed by atoms with van der Waals surface area (Å²) in [6, 6.07) is 11.2. The molecule has 0 bridgehead atoms. The van der Waals surface area contributed by atoms with Crippen molar-refractivity contribution in [2.45, 2.75) is 0 Å². The summed E-state index contributed by atoms with van der Waals surface area (Å²) in [6.45, 7) is 0. The van der Waals surface area contributed by atoms with Crippen molar-refractivity contribution in [2.75, 3.05) is 14.2 Å². The zero-order valence-corrected chi connectivity index (χ0v) is 16.0. The van der Waals surface area contributed by atoms with Crippen LogP contribution in [-0.2, 0) is 4.79 Å². The van der Waals surface area contributed by atoms with Gasteiger partial charge in [-0.05, 0) is 53.2 Å². The van der Waals surface area contributed by atoms with Crippen LogP contribution in [0.15, 0.2) is 52.4 Å². The van der Waals surface area contributed by atoms with E-state index < -0.39 is 5.97 Å². The Bertz CT molecular complexity index is 970. The van der Waals surface area contributed by atoms with Gasteiger partial charge in [0.25, 0.3) is 5.91 Å². The van der Waals surface area contributed by atoms with Crippen LogP contribution in [0.2, 0.25) is 5.02 Å². The molecule has 0 N–H and O–H groups in total. The zero-order valence-electron chi connectivity index (χ0n) is 14.4. The normalized spacial score (nSPS) is 17.0. The molecule has 6 nitrogen and oxygen atoms in total. The number of carboxylic acid groups (broad SMARTS) is 1. The maximum atomic E-state index is 12.5. The van der Waals surface area contributed by atoms with E-state index in [2.05, 4.69) is 4.99 Å². The number of amides is 1. The molecule has 8 heteroatoms. The molecule has 0 aliphatic carbocycles. The van der Waals surface area contributed by atoms with Gasteiger partial charge in [-0.15, -0.1) is 0 Å². The number of ether oxygens (including phenoxy) is 1. The number of rotatable bonds is 4. The van der Waals surface area contributed by atoms with Crippen LogP contribution >= 0.6 is 23.4 Å². The Morgan fingerprint density at radius 3 is 2.56 bits per heavy atom. The summed E-state index contributed by atoms with van der Waals surface area (Å²) >= 11 is 7.35. The average Bonchev–Trinajstić information content (AvgIpc) is 2.90. The van der Waals surface area contributed by atoms with E-state index in [4.69, 9.17) is 16.3 Å². The standard InChI is InChI=1S/C19H15ClN2O4S/c1-22-17(23)16(10-11-3-8-15(26-2)14(20)9-11)27-19(22)21-13-6-4-12(5-7-13)18(24)25/h3-10H,1-2H3,(H,24,25)/p-1/b16-10-,21-19?. The topological polar surface area (TPSA) is 82.0 Å².